The molecule has 1 amide bonds. The van der Waals surface area contributed by atoms with Gasteiger partial charge in [-0.05, 0) is 12.0 Å². The zero-order chi connectivity index (χ0) is 12.7. The fourth-order valence-electron chi connectivity index (χ4n) is 1.35. The van der Waals surface area contributed by atoms with E-state index in [1.165, 1.54) is 11.8 Å². The first-order valence-corrected chi connectivity index (χ1v) is 6.31. The molecule has 3 N–H and O–H groups in total. The average Bonchev–Trinajstić information content (AvgIpc) is 2.28. The fourth-order valence-corrected chi connectivity index (χ4v) is 2.40. The van der Waals surface area contributed by atoms with Crippen molar-refractivity contribution >= 4 is 23.6 Å². The number of nitrogens with two attached hydrogens (primary N) is 1. The SMILES string of the molecule is NC(=O)CCSC(Cc1ccccc1)C(=O)O. The smallest absolute Gasteiger partial charge is 0.316 e. The summed E-state index contributed by atoms with van der Waals surface area (Å²) in [6.45, 7) is 0. The number of rotatable bonds is 7. The molecule has 0 aliphatic rings. The molecule has 0 bridgehead atoms. The van der Waals surface area contributed by atoms with Crippen LogP contribution in [0.2, 0.25) is 0 Å². The van der Waals surface area contributed by atoms with Crippen molar-refractivity contribution in [3.63, 3.8) is 0 Å². The Kier molecular flexibility index (Phi) is 5.56. The minimum atomic E-state index is -0.858. The van der Waals surface area contributed by atoms with Crippen LogP contribution in [-0.4, -0.2) is 28.0 Å². The van der Waals surface area contributed by atoms with Gasteiger partial charge < -0.3 is 10.8 Å². The Hall–Kier alpha value is -1.49. The second kappa shape index (κ2) is 6.96. The van der Waals surface area contributed by atoms with E-state index in [4.69, 9.17) is 10.8 Å². The molecule has 0 aromatic heterocycles. The van der Waals surface area contributed by atoms with Gasteiger partial charge in [-0.15, -0.1) is 11.8 Å². The van der Waals surface area contributed by atoms with E-state index in [2.05, 4.69) is 0 Å². The second-order valence-electron chi connectivity index (χ2n) is 3.60. The topological polar surface area (TPSA) is 80.4 Å². The average molecular weight is 253 g/mol. The number of amides is 1. The van der Waals surface area contributed by atoms with Crippen molar-refractivity contribution in [3.05, 3.63) is 35.9 Å². The molecule has 0 saturated heterocycles. The normalized spacial score (nSPS) is 12.0. The minimum absolute atomic E-state index is 0.212. The molecule has 17 heavy (non-hydrogen) atoms. The summed E-state index contributed by atoms with van der Waals surface area (Å²) in [5.74, 6) is -0.816. The van der Waals surface area contributed by atoms with Crippen LogP contribution in [0.5, 0.6) is 0 Å². The molecular weight excluding hydrogens is 238 g/mol. The summed E-state index contributed by atoms with van der Waals surface area (Å²) in [4.78, 5) is 21.6. The van der Waals surface area contributed by atoms with Crippen molar-refractivity contribution in [2.45, 2.75) is 18.1 Å². The lowest BCUT2D eigenvalue weighted by Gasteiger charge is -2.11. The molecule has 92 valence electrons. The molecule has 1 aromatic carbocycles. The number of carbonyl (C=O) groups excluding carboxylic acids is 1. The molecular formula is C12H15NO3S. The van der Waals surface area contributed by atoms with Crippen LogP contribution < -0.4 is 5.73 Å². The third kappa shape index (κ3) is 5.40. The summed E-state index contributed by atoms with van der Waals surface area (Å²) in [5, 5.41) is 8.53. The van der Waals surface area contributed by atoms with Crippen LogP contribution in [-0.2, 0) is 16.0 Å². The van der Waals surface area contributed by atoms with E-state index in [1.54, 1.807) is 0 Å². The first kappa shape index (κ1) is 13.6. The number of hydrogen-bond acceptors (Lipinski definition) is 3. The zero-order valence-corrected chi connectivity index (χ0v) is 10.2. The van der Waals surface area contributed by atoms with Gasteiger partial charge >= 0.3 is 5.97 Å². The third-order valence-electron chi connectivity index (χ3n) is 2.21. The van der Waals surface area contributed by atoms with E-state index >= 15 is 0 Å². The molecule has 0 saturated carbocycles. The van der Waals surface area contributed by atoms with Crippen LogP contribution in [0.1, 0.15) is 12.0 Å². The molecule has 0 aliphatic heterocycles. The van der Waals surface area contributed by atoms with Gasteiger partial charge in [0, 0.05) is 12.2 Å². The van der Waals surface area contributed by atoms with E-state index in [9.17, 15) is 9.59 Å². The van der Waals surface area contributed by atoms with Gasteiger partial charge in [0.05, 0.1) is 0 Å². The van der Waals surface area contributed by atoms with E-state index in [-0.39, 0.29) is 6.42 Å². The number of aliphatic carboxylic acids is 1. The van der Waals surface area contributed by atoms with Crippen LogP contribution >= 0.6 is 11.8 Å². The molecule has 0 aliphatic carbocycles. The van der Waals surface area contributed by atoms with Crippen molar-refractivity contribution in [3.8, 4) is 0 Å². The van der Waals surface area contributed by atoms with Gasteiger partial charge in [-0.3, -0.25) is 9.59 Å². The fraction of sp³-hybridized carbons (Fsp3) is 0.333. The highest BCUT2D eigenvalue weighted by molar-refractivity contribution is 8.00. The standard InChI is InChI=1S/C12H15NO3S/c13-11(14)6-7-17-10(12(15)16)8-9-4-2-1-3-5-9/h1-5,10H,6-8H2,(H2,13,14)(H,15,16). The zero-order valence-electron chi connectivity index (χ0n) is 9.33. The highest BCUT2D eigenvalue weighted by Gasteiger charge is 2.18. The van der Waals surface area contributed by atoms with Gasteiger partial charge in [0.25, 0.3) is 0 Å². The predicted molar refractivity (Wildman–Crippen MR) is 67.8 cm³/mol. The number of carbonyl (C=O) groups is 2. The third-order valence-corrected chi connectivity index (χ3v) is 3.42. The maximum Gasteiger partial charge on any atom is 0.316 e. The molecule has 1 unspecified atom stereocenters. The molecule has 0 heterocycles. The Morgan fingerprint density at radius 2 is 1.94 bits per heavy atom. The lowest BCUT2D eigenvalue weighted by atomic mass is 10.1. The minimum Gasteiger partial charge on any atom is -0.480 e. The van der Waals surface area contributed by atoms with Gasteiger partial charge in [0.2, 0.25) is 5.91 Å². The molecule has 1 atom stereocenters. The first-order chi connectivity index (χ1) is 8.09. The van der Waals surface area contributed by atoms with Crippen molar-refractivity contribution < 1.29 is 14.7 Å². The number of hydrogen-bond donors (Lipinski definition) is 2. The number of benzene rings is 1. The van der Waals surface area contributed by atoms with Gasteiger partial charge in [-0.25, -0.2) is 0 Å². The molecule has 0 spiro atoms. The number of carboxylic acids is 1. The van der Waals surface area contributed by atoms with Gasteiger partial charge in [-0.2, -0.15) is 0 Å². The highest BCUT2D eigenvalue weighted by atomic mass is 32.2. The Bertz CT molecular complexity index is 381. The second-order valence-corrected chi connectivity index (χ2v) is 4.91. The summed E-state index contributed by atoms with van der Waals surface area (Å²) in [6.07, 6.45) is 0.669. The van der Waals surface area contributed by atoms with E-state index in [0.717, 1.165) is 5.56 Å². The van der Waals surface area contributed by atoms with Gasteiger partial charge in [0.15, 0.2) is 0 Å². The van der Waals surface area contributed by atoms with E-state index < -0.39 is 17.1 Å². The quantitative estimate of drug-likeness (QED) is 0.767. The molecule has 1 rings (SSSR count). The summed E-state index contributed by atoms with van der Waals surface area (Å²) in [7, 11) is 0. The monoisotopic (exact) mass is 253 g/mol. The van der Waals surface area contributed by atoms with Crippen LogP contribution in [0.15, 0.2) is 30.3 Å². The van der Waals surface area contributed by atoms with Crippen LogP contribution in [0.25, 0.3) is 0 Å². The maximum atomic E-state index is 11.0. The number of thioether (sulfide) groups is 1. The van der Waals surface area contributed by atoms with E-state index in [0.29, 0.717) is 12.2 Å². The predicted octanol–water partition coefficient (Wildman–Crippen LogP) is 1.29. The Labute approximate surface area is 104 Å². The first-order valence-electron chi connectivity index (χ1n) is 5.26. The lowest BCUT2D eigenvalue weighted by molar-refractivity contribution is -0.136. The van der Waals surface area contributed by atoms with Crippen LogP contribution in [0, 0.1) is 0 Å². The van der Waals surface area contributed by atoms with Crippen LogP contribution in [0.3, 0.4) is 0 Å². The molecule has 4 nitrogen and oxygen atoms in total. The number of carboxylic acid groups (broad SMARTS) is 1. The molecule has 5 heteroatoms. The molecule has 0 fully saturated rings. The summed E-state index contributed by atoms with van der Waals surface area (Å²) in [5.41, 5.74) is 5.99. The Morgan fingerprint density at radius 3 is 2.47 bits per heavy atom. The molecule has 1 aromatic rings. The van der Waals surface area contributed by atoms with Crippen molar-refractivity contribution in [2.75, 3.05) is 5.75 Å². The number of primary amides is 1. The van der Waals surface area contributed by atoms with Gasteiger partial charge in [0.1, 0.15) is 5.25 Å². The Morgan fingerprint density at radius 1 is 1.29 bits per heavy atom. The lowest BCUT2D eigenvalue weighted by Crippen LogP contribution is -2.21. The largest absolute Gasteiger partial charge is 0.480 e. The van der Waals surface area contributed by atoms with Gasteiger partial charge in [-0.1, -0.05) is 30.3 Å². The molecule has 0 radical (unpaired) electrons. The maximum absolute atomic E-state index is 11.0. The summed E-state index contributed by atoms with van der Waals surface area (Å²) < 4.78 is 0. The van der Waals surface area contributed by atoms with Crippen LogP contribution in [0.4, 0.5) is 0 Å². The van der Waals surface area contributed by atoms with Crippen molar-refractivity contribution in [1.82, 2.24) is 0 Å². The summed E-state index contributed by atoms with van der Waals surface area (Å²) in [6, 6.07) is 9.43. The highest BCUT2D eigenvalue weighted by Crippen LogP contribution is 2.17. The van der Waals surface area contributed by atoms with E-state index in [1.807, 2.05) is 30.3 Å². The Balaban J connectivity index is 2.49. The van der Waals surface area contributed by atoms with Crippen molar-refractivity contribution in [1.29, 1.82) is 0 Å². The summed E-state index contributed by atoms with van der Waals surface area (Å²) >= 11 is 1.25. The van der Waals surface area contributed by atoms with Crippen molar-refractivity contribution in [2.24, 2.45) is 5.73 Å².